The van der Waals surface area contributed by atoms with Gasteiger partial charge < -0.3 is 9.47 Å². The van der Waals surface area contributed by atoms with E-state index in [4.69, 9.17) is 4.74 Å². The summed E-state index contributed by atoms with van der Waals surface area (Å²) in [6.07, 6.45) is -4.57. The standard InChI is InChI=1S/C10H9F3N2O2/c1-16-8-5-3-2-4-7(8)15-6-17-9(14-15)10(11,12)13/h2-5H,6H2,1H3. The Morgan fingerprint density at radius 1 is 1.35 bits per heavy atom. The average molecular weight is 246 g/mol. The molecule has 0 aliphatic carbocycles. The average Bonchev–Trinajstić information content (AvgIpc) is 2.77. The van der Waals surface area contributed by atoms with Gasteiger partial charge in [0.25, 0.3) is 0 Å². The number of hydrogen-bond donors (Lipinski definition) is 0. The highest BCUT2D eigenvalue weighted by atomic mass is 19.4. The third-order valence-electron chi connectivity index (χ3n) is 2.14. The highest BCUT2D eigenvalue weighted by molar-refractivity contribution is 5.84. The minimum atomic E-state index is -4.57. The molecule has 0 bridgehead atoms. The van der Waals surface area contributed by atoms with Gasteiger partial charge in [0.15, 0.2) is 6.73 Å². The minimum Gasteiger partial charge on any atom is -0.495 e. The normalized spacial score (nSPS) is 15.5. The molecule has 0 fully saturated rings. The maximum Gasteiger partial charge on any atom is 0.470 e. The summed E-state index contributed by atoms with van der Waals surface area (Å²) in [6, 6.07) is 6.63. The molecule has 2 rings (SSSR count). The smallest absolute Gasteiger partial charge is 0.470 e. The van der Waals surface area contributed by atoms with Crippen LogP contribution in [0, 0.1) is 0 Å². The van der Waals surface area contributed by atoms with Crippen molar-refractivity contribution in [3.05, 3.63) is 24.3 Å². The van der Waals surface area contributed by atoms with Crippen molar-refractivity contribution in [1.29, 1.82) is 0 Å². The molecule has 1 aromatic carbocycles. The molecule has 0 saturated heterocycles. The van der Waals surface area contributed by atoms with E-state index in [0.29, 0.717) is 11.4 Å². The summed E-state index contributed by atoms with van der Waals surface area (Å²) in [7, 11) is 1.43. The van der Waals surface area contributed by atoms with Crippen molar-refractivity contribution in [2.45, 2.75) is 6.18 Å². The first-order valence-corrected chi connectivity index (χ1v) is 4.71. The van der Waals surface area contributed by atoms with Crippen LogP contribution in [0.1, 0.15) is 0 Å². The van der Waals surface area contributed by atoms with Gasteiger partial charge in [0, 0.05) is 0 Å². The minimum absolute atomic E-state index is 0.283. The fourth-order valence-electron chi connectivity index (χ4n) is 1.39. The van der Waals surface area contributed by atoms with Crippen LogP contribution in [0.3, 0.4) is 0 Å². The van der Waals surface area contributed by atoms with Gasteiger partial charge >= 0.3 is 12.1 Å². The van der Waals surface area contributed by atoms with E-state index in [2.05, 4.69) is 9.84 Å². The number of nitrogens with zero attached hydrogens (tertiary/aromatic N) is 2. The van der Waals surface area contributed by atoms with Gasteiger partial charge in [0.1, 0.15) is 11.4 Å². The van der Waals surface area contributed by atoms with E-state index >= 15 is 0 Å². The summed E-state index contributed by atoms with van der Waals surface area (Å²) >= 11 is 0. The van der Waals surface area contributed by atoms with E-state index in [0.717, 1.165) is 5.01 Å². The van der Waals surface area contributed by atoms with Gasteiger partial charge in [-0.2, -0.15) is 13.2 Å². The van der Waals surface area contributed by atoms with Gasteiger partial charge in [-0.05, 0) is 12.1 Å². The second-order valence-electron chi connectivity index (χ2n) is 3.25. The first-order chi connectivity index (χ1) is 8.02. The van der Waals surface area contributed by atoms with Gasteiger partial charge in [0.2, 0.25) is 0 Å². The summed E-state index contributed by atoms with van der Waals surface area (Å²) in [6.45, 7) is -0.283. The van der Waals surface area contributed by atoms with E-state index in [1.165, 1.54) is 7.11 Å². The van der Waals surface area contributed by atoms with Crippen molar-refractivity contribution in [1.82, 2.24) is 0 Å². The van der Waals surface area contributed by atoms with Crippen molar-refractivity contribution in [3.8, 4) is 5.75 Å². The molecule has 1 heterocycles. The molecule has 0 amide bonds. The maximum absolute atomic E-state index is 12.3. The van der Waals surface area contributed by atoms with Crippen LogP contribution in [0.2, 0.25) is 0 Å². The Morgan fingerprint density at radius 2 is 2.06 bits per heavy atom. The van der Waals surface area contributed by atoms with Gasteiger partial charge in [0.05, 0.1) is 7.11 Å². The molecule has 0 atom stereocenters. The Bertz CT molecular complexity index is 445. The Kier molecular flexibility index (Phi) is 2.83. The number of para-hydroxylation sites is 2. The van der Waals surface area contributed by atoms with Crippen molar-refractivity contribution in [2.75, 3.05) is 18.8 Å². The lowest BCUT2D eigenvalue weighted by molar-refractivity contribution is -0.0752. The quantitative estimate of drug-likeness (QED) is 0.803. The lowest BCUT2D eigenvalue weighted by Gasteiger charge is -2.14. The lowest BCUT2D eigenvalue weighted by Crippen LogP contribution is -2.22. The summed E-state index contributed by atoms with van der Waals surface area (Å²) in [4.78, 5) is 0. The number of benzene rings is 1. The number of hydrazone groups is 1. The van der Waals surface area contributed by atoms with Crippen molar-refractivity contribution >= 4 is 11.6 Å². The zero-order valence-corrected chi connectivity index (χ0v) is 8.86. The first kappa shape index (κ1) is 11.6. The molecule has 1 aliphatic heterocycles. The second kappa shape index (κ2) is 4.15. The molecule has 1 aromatic rings. The second-order valence-corrected chi connectivity index (χ2v) is 3.25. The highest BCUT2D eigenvalue weighted by Gasteiger charge is 2.42. The summed E-state index contributed by atoms with van der Waals surface area (Å²) in [5.41, 5.74) is 0.425. The SMILES string of the molecule is COc1ccccc1N1COC(C(F)(F)F)=N1. The number of alkyl halides is 3. The third kappa shape index (κ3) is 2.27. The Morgan fingerprint density at radius 3 is 2.65 bits per heavy atom. The zero-order chi connectivity index (χ0) is 12.5. The Balaban J connectivity index is 2.28. The molecule has 1 aliphatic rings. The number of ether oxygens (including phenoxy) is 2. The predicted molar refractivity (Wildman–Crippen MR) is 54.9 cm³/mol. The summed E-state index contributed by atoms with van der Waals surface area (Å²) in [5.74, 6) is -0.813. The van der Waals surface area contributed by atoms with Crippen molar-refractivity contribution in [2.24, 2.45) is 5.10 Å². The van der Waals surface area contributed by atoms with Gasteiger partial charge in [-0.3, -0.25) is 0 Å². The van der Waals surface area contributed by atoms with Crippen LogP contribution in [0.4, 0.5) is 18.9 Å². The first-order valence-electron chi connectivity index (χ1n) is 4.71. The van der Waals surface area contributed by atoms with Crippen LogP contribution < -0.4 is 9.75 Å². The maximum atomic E-state index is 12.3. The molecule has 7 heteroatoms. The summed E-state index contributed by atoms with van der Waals surface area (Å²) in [5, 5.41) is 4.46. The number of halogens is 3. The van der Waals surface area contributed by atoms with Crippen LogP contribution in [0.5, 0.6) is 5.75 Å². The summed E-state index contributed by atoms with van der Waals surface area (Å²) < 4.78 is 46.5. The highest BCUT2D eigenvalue weighted by Crippen LogP contribution is 2.31. The molecular formula is C10H9F3N2O2. The molecule has 92 valence electrons. The van der Waals surface area contributed by atoms with Crippen LogP contribution in [-0.2, 0) is 4.74 Å². The van der Waals surface area contributed by atoms with Crippen molar-refractivity contribution in [3.63, 3.8) is 0 Å². The van der Waals surface area contributed by atoms with Crippen LogP contribution in [0.15, 0.2) is 29.4 Å². The molecule has 4 nitrogen and oxygen atoms in total. The predicted octanol–water partition coefficient (Wildman–Crippen LogP) is 2.37. The molecule has 0 radical (unpaired) electrons. The Labute approximate surface area is 95.2 Å². The molecule has 0 N–H and O–H groups in total. The van der Waals surface area contributed by atoms with Gasteiger partial charge in [-0.15, -0.1) is 5.10 Å². The molecule has 0 unspecified atom stereocenters. The van der Waals surface area contributed by atoms with Gasteiger partial charge in [-0.25, -0.2) is 5.01 Å². The molecular weight excluding hydrogens is 237 g/mol. The largest absolute Gasteiger partial charge is 0.495 e. The van der Waals surface area contributed by atoms with Crippen LogP contribution in [-0.4, -0.2) is 25.9 Å². The number of rotatable bonds is 2. The van der Waals surface area contributed by atoms with Crippen molar-refractivity contribution < 1.29 is 22.6 Å². The lowest BCUT2D eigenvalue weighted by atomic mass is 10.3. The number of methoxy groups -OCH3 is 1. The molecule has 0 saturated carbocycles. The van der Waals surface area contributed by atoms with E-state index in [9.17, 15) is 13.2 Å². The fourth-order valence-corrected chi connectivity index (χ4v) is 1.39. The van der Waals surface area contributed by atoms with Gasteiger partial charge in [-0.1, -0.05) is 12.1 Å². The van der Waals surface area contributed by atoms with E-state index in [1.54, 1.807) is 24.3 Å². The monoisotopic (exact) mass is 246 g/mol. The number of hydrogen-bond acceptors (Lipinski definition) is 4. The topological polar surface area (TPSA) is 34.1 Å². The molecule has 0 spiro atoms. The number of anilines is 1. The van der Waals surface area contributed by atoms with Crippen LogP contribution >= 0.6 is 0 Å². The fraction of sp³-hybridized carbons (Fsp3) is 0.300. The molecule has 17 heavy (non-hydrogen) atoms. The molecule has 0 aromatic heterocycles. The third-order valence-corrected chi connectivity index (χ3v) is 2.14. The zero-order valence-electron chi connectivity index (χ0n) is 8.86. The van der Waals surface area contributed by atoms with E-state index in [-0.39, 0.29) is 6.73 Å². The van der Waals surface area contributed by atoms with E-state index < -0.39 is 12.1 Å². The van der Waals surface area contributed by atoms with Crippen LogP contribution in [0.25, 0.3) is 0 Å². The Hall–Kier alpha value is -1.92. The van der Waals surface area contributed by atoms with E-state index in [1.807, 2.05) is 0 Å².